The minimum absolute atomic E-state index is 0. The van der Waals surface area contributed by atoms with Gasteiger partial charge in [-0.25, -0.2) is 4.79 Å². The number of rotatable bonds is 10. The first-order valence-electron chi connectivity index (χ1n) is 8.81. The lowest BCUT2D eigenvalue weighted by atomic mass is 10.2. The van der Waals surface area contributed by atoms with E-state index >= 15 is 0 Å². The fourth-order valence-corrected chi connectivity index (χ4v) is 1.68. The molecule has 0 aromatic heterocycles. The van der Waals surface area contributed by atoms with Crippen molar-refractivity contribution in [2.24, 2.45) is 10.9 Å². The van der Waals surface area contributed by atoms with E-state index in [2.05, 4.69) is 34.8 Å². The number of hydrogen-bond acceptors (Lipinski definition) is 4. The Hall–Kier alpha value is -0.770. The largest absolute Gasteiger partial charge is 0.444 e. The number of alkyl carbamates (subject to hydrolysis) is 1. The summed E-state index contributed by atoms with van der Waals surface area (Å²) in [6.45, 7) is 15.9. The Morgan fingerprint density at radius 1 is 1.12 bits per heavy atom. The van der Waals surface area contributed by atoms with Gasteiger partial charge >= 0.3 is 6.09 Å². The predicted molar refractivity (Wildman–Crippen MR) is 114 cm³/mol. The molecule has 0 radical (unpaired) electrons. The molecule has 0 fully saturated rings. The van der Waals surface area contributed by atoms with Gasteiger partial charge in [-0.15, -0.1) is 24.0 Å². The zero-order valence-corrected chi connectivity index (χ0v) is 18.9. The van der Waals surface area contributed by atoms with Crippen LogP contribution in [0.15, 0.2) is 4.99 Å². The number of hydrogen-bond donors (Lipinski definition) is 3. The fraction of sp³-hybridized carbons (Fsp3) is 0.882. The van der Waals surface area contributed by atoms with Crippen LogP contribution in [0, 0.1) is 5.92 Å². The van der Waals surface area contributed by atoms with E-state index in [9.17, 15) is 4.79 Å². The second kappa shape index (κ2) is 15.5. The Morgan fingerprint density at radius 3 is 2.32 bits per heavy atom. The van der Waals surface area contributed by atoms with E-state index in [1.165, 1.54) is 0 Å². The van der Waals surface area contributed by atoms with Gasteiger partial charge in [-0.05, 0) is 40.0 Å². The van der Waals surface area contributed by atoms with E-state index in [1.807, 2.05) is 27.7 Å². The third-order valence-electron chi connectivity index (χ3n) is 2.60. The average molecular weight is 472 g/mol. The maximum atomic E-state index is 11.5. The number of carbonyl (C=O) groups is 1. The van der Waals surface area contributed by atoms with E-state index < -0.39 is 11.7 Å². The van der Waals surface area contributed by atoms with Crippen LogP contribution in [0.25, 0.3) is 0 Å². The van der Waals surface area contributed by atoms with E-state index in [1.54, 1.807) is 0 Å². The summed E-state index contributed by atoms with van der Waals surface area (Å²) in [5.41, 5.74) is -0.481. The van der Waals surface area contributed by atoms with Crippen LogP contribution in [0.4, 0.5) is 4.79 Å². The van der Waals surface area contributed by atoms with Crippen molar-refractivity contribution in [3.05, 3.63) is 0 Å². The van der Waals surface area contributed by atoms with Crippen LogP contribution < -0.4 is 16.0 Å². The number of amides is 1. The number of nitrogens with zero attached hydrogens (tertiary/aromatic N) is 1. The molecular weight excluding hydrogens is 435 g/mol. The summed E-state index contributed by atoms with van der Waals surface area (Å²) in [5, 5.41) is 9.05. The van der Waals surface area contributed by atoms with Gasteiger partial charge in [-0.2, -0.15) is 0 Å². The Morgan fingerprint density at radius 2 is 1.76 bits per heavy atom. The first kappa shape index (κ1) is 26.5. The minimum Gasteiger partial charge on any atom is -0.444 e. The fourth-order valence-electron chi connectivity index (χ4n) is 1.68. The van der Waals surface area contributed by atoms with E-state index in [0.717, 1.165) is 32.1 Å². The van der Waals surface area contributed by atoms with Crippen LogP contribution >= 0.6 is 24.0 Å². The summed E-state index contributed by atoms with van der Waals surface area (Å²) in [7, 11) is 0. The minimum atomic E-state index is -0.481. The maximum absolute atomic E-state index is 11.5. The highest BCUT2D eigenvalue weighted by Gasteiger charge is 2.15. The average Bonchev–Trinajstić information content (AvgIpc) is 2.44. The third kappa shape index (κ3) is 19.4. The number of carbonyl (C=O) groups excluding carboxylic acids is 1. The van der Waals surface area contributed by atoms with Gasteiger partial charge in [0.25, 0.3) is 0 Å². The van der Waals surface area contributed by atoms with Gasteiger partial charge in [0.15, 0.2) is 5.96 Å². The number of nitrogens with one attached hydrogen (secondary N) is 3. The van der Waals surface area contributed by atoms with Gasteiger partial charge < -0.3 is 25.4 Å². The topological polar surface area (TPSA) is 84.0 Å². The molecule has 0 unspecified atom stereocenters. The van der Waals surface area contributed by atoms with Crippen molar-refractivity contribution in [2.75, 3.05) is 39.4 Å². The lowest BCUT2D eigenvalue weighted by Crippen LogP contribution is -2.42. The van der Waals surface area contributed by atoms with Gasteiger partial charge in [0.1, 0.15) is 5.60 Å². The molecule has 0 bridgehead atoms. The second-order valence-corrected chi connectivity index (χ2v) is 6.94. The SMILES string of the molecule is CCNC(=NCCCOCC(C)C)NCCNC(=O)OC(C)(C)C.I. The van der Waals surface area contributed by atoms with Gasteiger partial charge in [0, 0.05) is 39.4 Å². The van der Waals surface area contributed by atoms with Crippen molar-refractivity contribution < 1.29 is 14.3 Å². The van der Waals surface area contributed by atoms with Crippen LogP contribution in [-0.2, 0) is 9.47 Å². The van der Waals surface area contributed by atoms with E-state index in [4.69, 9.17) is 9.47 Å². The molecule has 3 N–H and O–H groups in total. The molecule has 0 atom stereocenters. The summed E-state index contributed by atoms with van der Waals surface area (Å²) < 4.78 is 10.7. The summed E-state index contributed by atoms with van der Waals surface area (Å²) in [4.78, 5) is 16.0. The first-order chi connectivity index (χ1) is 11.2. The number of ether oxygens (including phenoxy) is 2. The Kier molecular flexibility index (Phi) is 16.4. The molecule has 0 aliphatic heterocycles. The Bertz CT molecular complexity index is 371. The molecule has 0 aliphatic rings. The molecule has 0 spiro atoms. The highest BCUT2D eigenvalue weighted by atomic mass is 127. The molecular formula is C17H37IN4O3. The smallest absolute Gasteiger partial charge is 0.407 e. The van der Waals surface area contributed by atoms with Crippen molar-refractivity contribution in [2.45, 2.75) is 53.6 Å². The van der Waals surface area contributed by atoms with Crippen LogP contribution in [0.1, 0.15) is 48.0 Å². The molecule has 0 aliphatic carbocycles. The predicted octanol–water partition coefficient (Wildman–Crippen LogP) is 2.75. The molecule has 0 saturated carbocycles. The lowest BCUT2D eigenvalue weighted by molar-refractivity contribution is 0.0529. The number of halogens is 1. The van der Waals surface area contributed by atoms with Gasteiger partial charge in [0.05, 0.1) is 0 Å². The highest BCUT2D eigenvalue weighted by molar-refractivity contribution is 14.0. The molecule has 25 heavy (non-hydrogen) atoms. The summed E-state index contributed by atoms with van der Waals surface area (Å²) in [6.07, 6.45) is 0.480. The lowest BCUT2D eigenvalue weighted by Gasteiger charge is -2.19. The van der Waals surface area contributed by atoms with Crippen molar-refractivity contribution in [3.63, 3.8) is 0 Å². The first-order valence-corrected chi connectivity index (χ1v) is 8.81. The zero-order chi connectivity index (χ0) is 18.4. The molecule has 0 aromatic carbocycles. The molecule has 7 nitrogen and oxygen atoms in total. The number of guanidine groups is 1. The Balaban J connectivity index is 0. The molecule has 1 amide bonds. The summed E-state index contributed by atoms with van der Waals surface area (Å²) >= 11 is 0. The van der Waals surface area contributed by atoms with Gasteiger partial charge in [-0.1, -0.05) is 13.8 Å². The maximum Gasteiger partial charge on any atom is 0.407 e. The summed E-state index contributed by atoms with van der Waals surface area (Å²) in [5.74, 6) is 1.30. The standard InChI is InChI=1S/C17H36N4O3.HI/c1-7-18-15(19-9-8-12-23-13-14(2)3)20-10-11-21-16(22)24-17(4,5)6;/h14H,7-13H2,1-6H3,(H,21,22)(H2,18,19,20);1H. The quantitative estimate of drug-likeness (QED) is 0.197. The zero-order valence-electron chi connectivity index (χ0n) is 16.6. The normalized spacial score (nSPS) is 11.7. The van der Waals surface area contributed by atoms with E-state index in [0.29, 0.717) is 25.6 Å². The van der Waals surface area contributed by atoms with Crippen molar-refractivity contribution in [1.82, 2.24) is 16.0 Å². The van der Waals surface area contributed by atoms with E-state index in [-0.39, 0.29) is 24.0 Å². The van der Waals surface area contributed by atoms with Crippen LogP contribution in [0.3, 0.4) is 0 Å². The third-order valence-corrected chi connectivity index (χ3v) is 2.60. The van der Waals surface area contributed by atoms with Gasteiger partial charge in [0.2, 0.25) is 0 Å². The van der Waals surface area contributed by atoms with Crippen LogP contribution in [0.2, 0.25) is 0 Å². The highest BCUT2D eigenvalue weighted by Crippen LogP contribution is 2.05. The molecule has 150 valence electrons. The van der Waals surface area contributed by atoms with Crippen molar-refractivity contribution >= 4 is 36.0 Å². The summed E-state index contributed by atoms with van der Waals surface area (Å²) in [6, 6.07) is 0. The molecule has 0 saturated heterocycles. The second-order valence-electron chi connectivity index (χ2n) is 6.94. The van der Waals surface area contributed by atoms with Crippen molar-refractivity contribution in [1.29, 1.82) is 0 Å². The van der Waals surface area contributed by atoms with Crippen LogP contribution in [-0.4, -0.2) is 57.0 Å². The number of aliphatic imine (C=N–C) groups is 1. The molecule has 0 aromatic rings. The molecule has 0 rings (SSSR count). The Labute approximate surface area is 170 Å². The molecule has 8 heteroatoms. The van der Waals surface area contributed by atoms with Gasteiger partial charge in [-0.3, -0.25) is 4.99 Å². The van der Waals surface area contributed by atoms with Crippen molar-refractivity contribution in [3.8, 4) is 0 Å². The van der Waals surface area contributed by atoms with Crippen LogP contribution in [0.5, 0.6) is 0 Å². The monoisotopic (exact) mass is 472 g/mol. The molecule has 0 heterocycles.